The van der Waals surface area contributed by atoms with Crippen LogP contribution in [0.3, 0.4) is 0 Å². The largest absolute Gasteiger partial charge is 0.513 e. The van der Waals surface area contributed by atoms with Crippen LogP contribution < -0.4 is 4.74 Å². The standard InChI is InChI=1S/C13H15NO6S2/c1-10(15)6-8-21-22-9-7-19-13(16)20-12-4-2-11(3-5-12)14(17)18/h2-5H,6-9H2,1H3. The Morgan fingerprint density at radius 1 is 1.18 bits per heavy atom. The van der Waals surface area contributed by atoms with Crippen LogP contribution in [0.2, 0.25) is 0 Å². The molecule has 0 saturated carbocycles. The van der Waals surface area contributed by atoms with E-state index in [0.29, 0.717) is 12.2 Å². The van der Waals surface area contributed by atoms with E-state index in [0.717, 1.165) is 5.75 Å². The molecule has 120 valence electrons. The average molecular weight is 345 g/mol. The number of carbonyl (C=O) groups is 2. The molecule has 0 aromatic heterocycles. The van der Waals surface area contributed by atoms with Gasteiger partial charge in [-0.05, 0) is 19.1 Å². The number of hydrogen-bond acceptors (Lipinski definition) is 8. The highest BCUT2D eigenvalue weighted by Gasteiger charge is 2.09. The minimum absolute atomic E-state index is 0.0836. The highest BCUT2D eigenvalue weighted by molar-refractivity contribution is 8.76. The van der Waals surface area contributed by atoms with Crippen LogP contribution in [0.4, 0.5) is 10.5 Å². The molecular weight excluding hydrogens is 330 g/mol. The lowest BCUT2D eigenvalue weighted by molar-refractivity contribution is -0.384. The Labute approximate surface area is 135 Å². The van der Waals surface area contributed by atoms with Crippen LogP contribution in [0.5, 0.6) is 5.75 Å². The summed E-state index contributed by atoms with van der Waals surface area (Å²) in [6.45, 7) is 1.73. The maximum atomic E-state index is 11.4. The molecular formula is C13H15NO6S2. The van der Waals surface area contributed by atoms with Crippen LogP contribution in [-0.2, 0) is 9.53 Å². The number of Topliss-reactive ketones (excluding diaryl/α,β-unsaturated/α-hetero) is 1. The molecule has 0 bridgehead atoms. The van der Waals surface area contributed by atoms with Crippen molar-refractivity contribution in [3.8, 4) is 5.75 Å². The van der Waals surface area contributed by atoms with Gasteiger partial charge >= 0.3 is 6.16 Å². The average Bonchev–Trinajstić information content (AvgIpc) is 2.46. The number of ketones is 1. The fourth-order valence-electron chi connectivity index (χ4n) is 1.22. The summed E-state index contributed by atoms with van der Waals surface area (Å²) in [5.41, 5.74) is -0.0836. The summed E-state index contributed by atoms with van der Waals surface area (Å²) in [4.78, 5) is 32.0. The van der Waals surface area contributed by atoms with E-state index in [2.05, 4.69) is 0 Å². The number of nitro benzene ring substituents is 1. The second kappa shape index (κ2) is 10.1. The minimum Gasteiger partial charge on any atom is -0.433 e. The van der Waals surface area contributed by atoms with E-state index in [1.54, 1.807) is 17.7 Å². The Morgan fingerprint density at radius 3 is 2.41 bits per heavy atom. The number of non-ortho nitro benzene ring substituents is 1. The molecule has 0 aliphatic rings. The molecule has 0 fully saturated rings. The highest BCUT2D eigenvalue weighted by atomic mass is 33.1. The zero-order chi connectivity index (χ0) is 16.4. The maximum Gasteiger partial charge on any atom is 0.513 e. The number of ether oxygens (including phenoxy) is 2. The molecule has 0 radical (unpaired) electrons. The first-order valence-corrected chi connectivity index (χ1v) is 8.81. The van der Waals surface area contributed by atoms with Crippen molar-refractivity contribution in [3.05, 3.63) is 34.4 Å². The summed E-state index contributed by atoms with van der Waals surface area (Å²) in [7, 11) is 3.05. The molecule has 22 heavy (non-hydrogen) atoms. The van der Waals surface area contributed by atoms with Gasteiger partial charge in [0, 0.05) is 30.1 Å². The SMILES string of the molecule is CC(=O)CCSSCCOC(=O)Oc1ccc([N+](=O)[O-])cc1. The van der Waals surface area contributed by atoms with Crippen LogP contribution in [0, 0.1) is 10.1 Å². The van der Waals surface area contributed by atoms with E-state index in [1.807, 2.05) is 0 Å². The Hall–Kier alpha value is -1.74. The second-order valence-electron chi connectivity index (χ2n) is 4.05. The van der Waals surface area contributed by atoms with Crippen molar-refractivity contribution in [2.45, 2.75) is 13.3 Å². The van der Waals surface area contributed by atoms with Gasteiger partial charge in [0.2, 0.25) is 0 Å². The van der Waals surface area contributed by atoms with E-state index in [9.17, 15) is 19.7 Å². The van der Waals surface area contributed by atoms with Crippen LogP contribution in [-0.4, -0.2) is 35.0 Å². The van der Waals surface area contributed by atoms with Crippen molar-refractivity contribution in [1.82, 2.24) is 0 Å². The van der Waals surface area contributed by atoms with Gasteiger partial charge in [-0.2, -0.15) is 0 Å². The summed E-state index contributed by atoms with van der Waals surface area (Å²) in [5.74, 6) is 1.64. The van der Waals surface area contributed by atoms with Crippen molar-refractivity contribution < 1.29 is 24.0 Å². The van der Waals surface area contributed by atoms with E-state index in [4.69, 9.17) is 9.47 Å². The summed E-state index contributed by atoms with van der Waals surface area (Å²) < 4.78 is 9.72. The Morgan fingerprint density at radius 2 is 1.82 bits per heavy atom. The number of hydrogen-bond donors (Lipinski definition) is 0. The lowest BCUT2D eigenvalue weighted by Crippen LogP contribution is -2.12. The molecule has 0 heterocycles. The third kappa shape index (κ3) is 7.89. The van der Waals surface area contributed by atoms with Crippen molar-refractivity contribution in [1.29, 1.82) is 0 Å². The molecule has 0 atom stereocenters. The minimum atomic E-state index is -0.858. The number of rotatable bonds is 9. The van der Waals surface area contributed by atoms with Crippen LogP contribution in [0.25, 0.3) is 0 Å². The molecule has 1 aromatic carbocycles. The molecule has 1 aromatic rings. The fourth-order valence-corrected chi connectivity index (χ4v) is 3.14. The highest BCUT2D eigenvalue weighted by Crippen LogP contribution is 2.22. The monoisotopic (exact) mass is 345 g/mol. The Bertz CT molecular complexity index is 520. The van der Waals surface area contributed by atoms with Gasteiger partial charge in [-0.3, -0.25) is 14.9 Å². The number of benzene rings is 1. The molecule has 0 unspecified atom stereocenters. The van der Waals surface area contributed by atoms with Gasteiger partial charge in [0.25, 0.3) is 5.69 Å². The van der Waals surface area contributed by atoms with Gasteiger partial charge in [-0.25, -0.2) is 4.79 Å². The van der Waals surface area contributed by atoms with E-state index >= 15 is 0 Å². The zero-order valence-electron chi connectivity index (χ0n) is 11.9. The lowest BCUT2D eigenvalue weighted by Gasteiger charge is -2.05. The molecule has 0 amide bonds. The predicted octanol–water partition coefficient (Wildman–Crippen LogP) is 3.47. The van der Waals surface area contributed by atoms with E-state index < -0.39 is 11.1 Å². The topological polar surface area (TPSA) is 95.7 Å². The van der Waals surface area contributed by atoms with Crippen molar-refractivity contribution in [3.63, 3.8) is 0 Å². The number of nitro groups is 1. The van der Waals surface area contributed by atoms with Gasteiger partial charge < -0.3 is 9.47 Å². The van der Waals surface area contributed by atoms with E-state index in [1.165, 1.54) is 35.1 Å². The lowest BCUT2D eigenvalue weighted by atomic mass is 10.3. The molecule has 1 rings (SSSR count). The third-order valence-corrected chi connectivity index (χ3v) is 4.63. The van der Waals surface area contributed by atoms with Crippen molar-refractivity contribution in [2.75, 3.05) is 18.1 Å². The van der Waals surface area contributed by atoms with Gasteiger partial charge in [-0.1, -0.05) is 21.6 Å². The second-order valence-corrected chi connectivity index (χ2v) is 6.75. The molecule has 0 aliphatic carbocycles. The van der Waals surface area contributed by atoms with Crippen molar-refractivity contribution in [2.24, 2.45) is 0 Å². The third-order valence-electron chi connectivity index (χ3n) is 2.26. The summed E-state index contributed by atoms with van der Waals surface area (Å²) in [6.07, 6.45) is -0.330. The molecule has 9 heteroatoms. The van der Waals surface area contributed by atoms with Gasteiger partial charge in [0.15, 0.2) is 0 Å². The first-order valence-electron chi connectivity index (χ1n) is 6.32. The molecule has 0 N–H and O–H groups in total. The first-order chi connectivity index (χ1) is 10.5. The quantitative estimate of drug-likeness (QED) is 0.168. The number of nitrogens with zero attached hydrogens (tertiary/aromatic N) is 1. The summed E-state index contributed by atoms with van der Waals surface area (Å²) in [6, 6.07) is 5.13. The smallest absolute Gasteiger partial charge is 0.433 e. The van der Waals surface area contributed by atoms with Gasteiger partial charge in [0.1, 0.15) is 18.1 Å². The molecule has 7 nitrogen and oxygen atoms in total. The summed E-state index contributed by atoms with van der Waals surface area (Å²) >= 11 is 0. The molecule has 0 saturated heterocycles. The number of carbonyl (C=O) groups excluding carboxylic acids is 2. The van der Waals surface area contributed by atoms with E-state index in [-0.39, 0.29) is 23.8 Å². The van der Waals surface area contributed by atoms with Crippen LogP contribution >= 0.6 is 21.6 Å². The Kier molecular flexibility index (Phi) is 8.38. The van der Waals surface area contributed by atoms with Gasteiger partial charge in [0.05, 0.1) is 4.92 Å². The van der Waals surface area contributed by atoms with Gasteiger partial charge in [-0.15, -0.1) is 0 Å². The predicted molar refractivity (Wildman–Crippen MR) is 85.3 cm³/mol. The van der Waals surface area contributed by atoms with Crippen molar-refractivity contribution >= 4 is 39.2 Å². The fraction of sp³-hybridized carbons (Fsp3) is 0.385. The zero-order valence-corrected chi connectivity index (χ0v) is 13.5. The first kappa shape index (κ1) is 18.3. The normalized spacial score (nSPS) is 10.0. The molecule has 0 aliphatic heterocycles. The maximum absolute atomic E-state index is 11.4. The summed E-state index contributed by atoms with van der Waals surface area (Å²) in [5, 5.41) is 10.5. The Balaban J connectivity index is 2.15. The van der Waals surface area contributed by atoms with Crippen LogP contribution in [0.15, 0.2) is 24.3 Å². The van der Waals surface area contributed by atoms with Crippen LogP contribution in [0.1, 0.15) is 13.3 Å². The molecule has 0 spiro atoms.